The Morgan fingerprint density at radius 2 is 2.00 bits per heavy atom. The van der Waals surface area contributed by atoms with E-state index in [-0.39, 0.29) is 12.7 Å². The molecule has 0 N–H and O–H groups in total. The fourth-order valence-corrected chi connectivity index (χ4v) is 3.02. The Kier molecular flexibility index (Phi) is 5.43. The minimum Gasteiger partial charge on any atom is -0.491 e. The van der Waals surface area contributed by atoms with Gasteiger partial charge in [0.15, 0.2) is 5.69 Å². The van der Waals surface area contributed by atoms with E-state index in [0.717, 1.165) is 6.07 Å². The van der Waals surface area contributed by atoms with Gasteiger partial charge in [-0.05, 0) is 37.3 Å². The lowest BCUT2D eigenvalue weighted by Crippen LogP contribution is -2.28. The maximum Gasteiger partial charge on any atom is 0.417 e. The molecule has 0 unspecified atom stereocenters. The molecule has 2 aromatic carbocycles. The number of halogens is 3. The Balaban J connectivity index is 1.69. The topological polar surface area (TPSA) is 49.8 Å². The van der Waals surface area contributed by atoms with E-state index >= 15 is 0 Å². The van der Waals surface area contributed by atoms with Crippen molar-refractivity contribution in [3.05, 3.63) is 65.0 Å². The van der Waals surface area contributed by atoms with Gasteiger partial charge in [-0.15, -0.1) is 0 Å². The summed E-state index contributed by atoms with van der Waals surface area (Å²) < 4.78 is 51.0. The van der Waals surface area contributed by atoms with E-state index in [1.165, 1.54) is 12.1 Å². The van der Waals surface area contributed by atoms with Crippen LogP contribution in [-0.4, -0.2) is 25.5 Å². The summed E-state index contributed by atoms with van der Waals surface area (Å²) in [5.41, 5.74) is -0.528. The number of hydrogen-bond donors (Lipinski definition) is 0. The average molecular weight is 387 g/mol. The lowest BCUT2D eigenvalue weighted by Gasteiger charge is -2.23. The van der Waals surface area contributed by atoms with Crippen LogP contribution in [0.1, 0.15) is 18.1 Å². The van der Waals surface area contributed by atoms with Crippen molar-refractivity contribution in [2.75, 3.05) is 18.1 Å². The maximum atomic E-state index is 13.2. The standard InChI is InChI=1S/C20H16F3N3O2/c1-13-26(16-6-3-14(10-24)19(9-16)20(21,22)23)11-18(28-13)12-27-17-7-4-15(25-2)5-8-17/h3-9,13,18H,11-12H2,1H3/t13-,18+/m0/s1. The molecule has 8 heteroatoms. The van der Waals surface area contributed by atoms with E-state index in [2.05, 4.69) is 4.85 Å². The predicted molar refractivity (Wildman–Crippen MR) is 96.0 cm³/mol. The van der Waals surface area contributed by atoms with Crippen molar-refractivity contribution >= 4 is 11.4 Å². The van der Waals surface area contributed by atoms with Crippen LogP contribution in [0, 0.1) is 17.9 Å². The van der Waals surface area contributed by atoms with Crippen LogP contribution < -0.4 is 9.64 Å². The third-order valence-electron chi connectivity index (χ3n) is 4.39. The molecule has 28 heavy (non-hydrogen) atoms. The second-order valence-electron chi connectivity index (χ2n) is 6.27. The SMILES string of the molecule is [C-]#[N+]c1ccc(OC[C@H]2CN(c3ccc(C#N)c(C(F)(F)F)c3)[C@H](C)O2)cc1. The summed E-state index contributed by atoms with van der Waals surface area (Å²) >= 11 is 0. The molecule has 1 aliphatic rings. The van der Waals surface area contributed by atoms with Crippen LogP contribution in [0.5, 0.6) is 5.75 Å². The molecule has 0 radical (unpaired) electrons. The van der Waals surface area contributed by atoms with E-state index in [1.54, 1.807) is 42.2 Å². The lowest BCUT2D eigenvalue weighted by atomic mass is 10.1. The second-order valence-corrected chi connectivity index (χ2v) is 6.27. The zero-order valence-electron chi connectivity index (χ0n) is 14.9. The van der Waals surface area contributed by atoms with Gasteiger partial charge in [-0.25, -0.2) is 4.85 Å². The van der Waals surface area contributed by atoms with Gasteiger partial charge in [-0.2, -0.15) is 18.4 Å². The molecule has 0 aliphatic carbocycles. The summed E-state index contributed by atoms with van der Waals surface area (Å²) in [4.78, 5) is 5.00. The minimum absolute atomic E-state index is 0.223. The smallest absolute Gasteiger partial charge is 0.417 e. The molecule has 1 heterocycles. The number of alkyl halides is 3. The molecule has 1 aliphatic heterocycles. The highest BCUT2D eigenvalue weighted by Gasteiger charge is 2.36. The monoisotopic (exact) mass is 387 g/mol. The zero-order chi connectivity index (χ0) is 20.3. The van der Waals surface area contributed by atoms with Crippen LogP contribution in [0.2, 0.25) is 0 Å². The second kappa shape index (κ2) is 7.79. The summed E-state index contributed by atoms with van der Waals surface area (Å²) in [7, 11) is 0. The summed E-state index contributed by atoms with van der Waals surface area (Å²) in [6, 6.07) is 11.9. The Hall–Kier alpha value is -3.23. The first-order valence-corrected chi connectivity index (χ1v) is 8.45. The number of anilines is 1. The molecule has 1 fully saturated rings. The molecule has 0 aromatic heterocycles. The fraction of sp³-hybridized carbons (Fsp3) is 0.300. The fourth-order valence-electron chi connectivity index (χ4n) is 3.02. The molecule has 3 rings (SSSR count). The van der Waals surface area contributed by atoms with Gasteiger partial charge in [0, 0.05) is 5.69 Å². The summed E-state index contributed by atoms with van der Waals surface area (Å²) in [5.74, 6) is 0.583. The van der Waals surface area contributed by atoms with Crippen LogP contribution in [-0.2, 0) is 10.9 Å². The largest absolute Gasteiger partial charge is 0.491 e. The third-order valence-corrected chi connectivity index (χ3v) is 4.39. The number of nitrogens with zero attached hydrogens (tertiary/aromatic N) is 3. The molecule has 5 nitrogen and oxygen atoms in total. The highest BCUT2D eigenvalue weighted by atomic mass is 19.4. The minimum atomic E-state index is -4.61. The van der Waals surface area contributed by atoms with Gasteiger partial charge in [-0.3, -0.25) is 0 Å². The van der Waals surface area contributed by atoms with Crippen molar-refractivity contribution < 1.29 is 22.6 Å². The van der Waals surface area contributed by atoms with Gasteiger partial charge in [0.05, 0.1) is 30.3 Å². The van der Waals surface area contributed by atoms with Gasteiger partial charge in [0.25, 0.3) is 0 Å². The number of ether oxygens (including phenoxy) is 2. The number of benzene rings is 2. The zero-order valence-corrected chi connectivity index (χ0v) is 14.9. The van der Waals surface area contributed by atoms with Crippen molar-refractivity contribution in [3.8, 4) is 11.8 Å². The Labute approximate surface area is 160 Å². The van der Waals surface area contributed by atoms with Crippen LogP contribution >= 0.6 is 0 Å². The first-order chi connectivity index (χ1) is 13.3. The van der Waals surface area contributed by atoms with Crippen molar-refractivity contribution in [2.45, 2.75) is 25.4 Å². The third kappa shape index (κ3) is 4.19. The molecule has 0 amide bonds. The predicted octanol–water partition coefficient (Wildman–Crippen LogP) is 4.76. The Morgan fingerprint density at radius 1 is 1.29 bits per heavy atom. The molecule has 144 valence electrons. The molecular formula is C20H16F3N3O2. The maximum absolute atomic E-state index is 13.2. The van der Waals surface area contributed by atoms with E-state index in [9.17, 15) is 13.2 Å². The van der Waals surface area contributed by atoms with Gasteiger partial charge in [0.1, 0.15) is 24.7 Å². The molecule has 1 saturated heterocycles. The summed E-state index contributed by atoms with van der Waals surface area (Å²) in [6.07, 6.45) is -5.38. The molecular weight excluding hydrogens is 371 g/mol. The molecule has 2 aromatic rings. The molecule has 2 atom stereocenters. The molecule has 0 saturated carbocycles. The number of rotatable bonds is 4. The summed E-state index contributed by atoms with van der Waals surface area (Å²) in [5, 5.41) is 8.92. The van der Waals surface area contributed by atoms with E-state index < -0.39 is 23.5 Å². The Bertz CT molecular complexity index is 930. The van der Waals surface area contributed by atoms with Gasteiger partial charge in [-0.1, -0.05) is 12.1 Å². The van der Waals surface area contributed by atoms with Gasteiger partial charge < -0.3 is 14.4 Å². The van der Waals surface area contributed by atoms with Crippen molar-refractivity contribution in [1.29, 1.82) is 5.26 Å². The van der Waals surface area contributed by atoms with E-state index in [0.29, 0.717) is 23.7 Å². The number of nitriles is 1. The van der Waals surface area contributed by atoms with Crippen LogP contribution in [0.4, 0.5) is 24.5 Å². The first-order valence-electron chi connectivity index (χ1n) is 8.45. The van der Waals surface area contributed by atoms with Gasteiger partial charge >= 0.3 is 6.18 Å². The van der Waals surface area contributed by atoms with Crippen LogP contribution in [0.15, 0.2) is 42.5 Å². The summed E-state index contributed by atoms with van der Waals surface area (Å²) in [6.45, 7) is 9.25. The van der Waals surface area contributed by atoms with Crippen molar-refractivity contribution in [3.63, 3.8) is 0 Å². The number of hydrogen-bond acceptors (Lipinski definition) is 4. The van der Waals surface area contributed by atoms with Crippen LogP contribution in [0.25, 0.3) is 4.85 Å². The molecule has 0 spiro atoms. The normalized spacial score (nSPS) is 19.1. The van der Waals surface area contributed by atoms with Crippen LogP contribution in [0.3, 0.4) is 0 Å². The highest BCUT2D eigenvalue weighted by Crippen LogP contribution is 2.36. The quantitative estimate of drug-likeness (QED) is 0.710. The van der Waals surface area contributed by atoms with Crippen molar-refractivity contribution in [1.82, 2.24) is 0 Å². The first kappa shape index (κ1) is 19.5. The lowest BCUT2D eigenvalue weighted by molar-refractivity contribution is -0.137. The van der Waals surface area contributed by atoms with Gasteiger partial charge in [0.2, 0.25) is 0 Å². The average Bonchev–Trinajstić information content (AvgIpc) is 3.06. The van der Waals surface area contributed by atoms with E-state index in [4.69, 9.17) is 21.3 Å². The van der Waals surface area contributed by atoms with E-state index in [1.807, 2.05) is 0 Å². The van der Waals surface area contributed by atoms with Crippen molar-refractivity contribution in [2.24, 2.45) is 0 Å². The Morgan fingerprint density at radius 3 is 2.61 bits per heavy atom. The molecule has 0 bridgehead atoms. The highest BCUT2D eigenvalue weighted by molar-refractivity contribution is 5.55.